The number of carbonyl (C=O) groups excluding carboxylic acids is 2. The summed E-state index contributed by atoms with van der Waals surface area (Å²) in [7, 11) is 2.95. The Balaban J connectivity index is 2.10. The molecule has 0 aliphatic carbocycles. The molecular formula is C19H20ClNO5S. The molecule has 0 aliphatic heterocycles. The fourth-order valence-electron chi connectivity index (χ4n) is 2.26. The van der Waals surface area contributed by atoms with Crippen molar-refractivity contribution in [2.45, 2.75) is 17.9 Å². The number of amides is 1. The molecule has 0 unspecified atom stereocenters. The molecule has 0 saturated heterocycles. The van der Waals surface area contributed by atoms with Gasteiger partial charge in [0.15, 0.2) is 6.10 Å². The van der Waals surface area contributed by atoms with Crippen molar-refractivity contribution in [2.24, 2.45) is 0 Å². The largest absolute Gasteiger partial charge is 0.496 e. The van der Waals surface area contributed by atoms with Gasteiger partial charge >= 0.3 is 5.97 Å². The molecule has 1 N–H and O–H groups in total. The molecule has 27 heavy (non-hydrogen) atoms. The number of halogens is 1. The van der Waals surface area contributed by atoms with Crippen LogP contribution in [0, 0.1) is 0 Å². The highest BCUT2D eigenvalue weighted by atomic mass is 35.5. The van der Waals surface area contributed by atoms with Crippen LogP contribution < -0.4 is 14.8 Å². The van der Waals surface area contributed by atoms with Gasteiger partial charge in [-0.3, -0.25) is 4.79 Å². The Kier molecular flexibility index (Phi) is 7.38. The van der Waals surface area contributed by atoms with E-state index in [1.807, 2.05) is 6.26 Å². The monoisotopic (exact) mass is 409 g/mol. The summed E-state index contributed by atoms with van der Waals surface area (Å²) >= 11 is 7.48. The average molecular weight is 410 g/mol. The lowest BCUT2D eigenvalue weighted by Gasteiger charge is -2.16. The summed E-state index contributed by atoms with van der Waals surface area (Å²) in [4.78, 5) is 25.8. The number of esters is 1. The van der Waals surface area contributed by atoms with Gasteiger partial charge in [-0.15, -0.1) is 11.8 Å². The first-order valence-electron chi connectivity index (χ1n) is 7.97. The zero-order valence-electron chi connectivity index (χ0n) is 15.4. The van der Waals surface area contributed by atoms with Gasteiger partial charge < -0.3 is 19.5 Å². The van der Waals surface area contributed by atoms with Gasteiger partial charge in [-0.2, -0.15) is 0 Å². The number of nitrogens with one attached hydrogen (secondary N) is 1. The Morgan fingerprint density at radius 2 is 1.78 bits per heavy atom. The van der Waals surface area contributed by atoms with Gasteiger partial charge in [0.1, 0.15) is 17.1 Å². The minimum Gasteiger partial charge on any atom is -0.496 e. The third-order valence-corrected chi connectivity index (χ3v) is 4.66. The van der Waals surface area contributed by atoms with Crippen LogP contribution in [0.2, 0.25) is 5.02 Å². The van der Waals surface area contributed by atoms with Crippen LogP contribution in [0.1, 0.15) is 17.3 Å². The molecule has 8 heteroatoms. The molecule has 1 amide bonds. The normalized spacial score (nSPS) is 11.4. The summed E-state index contributed by atoms with van der Waals surface area (Å²) in [6.07, 6.45) is 0.884. The van der Waals surface area contributed by atoms with Crippen molar-refractivity contribution in [3.8, 4) is 11.5 Å². The van der Waals surface area contributed by atoms with E-state index < -0.39 is 18.0 Å². The summed E-state index contributed by atoms with van der Waals surface area (Å²) in [5.74, 6) is -0.333. The second kappa shape index (κ2) is 9.53. The van der Waals surface area contributed by atoms with E-state index in [1.165, 1.54) is 32.9 Å². The molecule has 2 aromatic rings. The summed E-state index contributed by atoms with van der Waals surface area (Å²) in [5, 5.41) is 3.08. The second-order valence-electron chi connectivity index (χ2n) is 5.45. The SMILES string of the molecule is COc1ccc(Cl)cc1NC(=O)[C@@H](C)OC(=O)c1ccc(SC)cc1OC. The van der Waals surface area contributed by atoms with Crippen LogP contribution in [0.25, 0.3) is 0 Å². The second-order valence-corrected chi connectivity index (χ2v) is 6.76. The Morgan fingerprint density at radius 3 is 2.41 bits per heavy atom. The van der Waals surface area contributed by atoms with Gasteiger partial charge in [0, 0.05) is 9.92 Å². The van der Waals surface area contributed by atoms with Crippen molar-refractivity contribution in [1.29, 1.82) is 0 Å². The van der Waals surface area contributed by atoms with E-state index in [0.29, 0.717) is 22.2 Å². The number of methoxy groups -OCH3 is 2. The molecule has 0 fully saturated rings. The van der Waals surface area contributed by atoms with Crippen LogP contribution >= 0.6 is 23.4 Å². The quantitative estimate of drug-likeness (QED) is 0.544. The Hall–Kier alpha value is -2.38. The summed E-state index contributed by atoms with van der Waals surface area (Å²) in [5.41, 5.74) is 0.634. The minimum atomic E-state index is -1.04. The third kappa shape index (κ3) is 5.30. The van der Waals surface area contributed by atoms with Crippen LogP contribution in [0.15, 0.2) is 41.3 Å². The smallest absolute Gasteiger partial charge is 0.342 e. The zero-order chi connectivity index (χ0) is 20.0. The molecule has 6 nitrogen and oxygen atoms in total. The van der Waals surface area contributed by atoms with Crippen LogP contribution in [0.3, 0.4) is 0 Å². The molecule has 0 aliphatic rings. The molecule has 0 aromatic heterocycles. The standard InChI is InChI=1S/C19H20ClNO5S/c1-11(18(22)21-15-9-12(20)5-8-16(15)24-2)26-19(23)14-7-6-13(27-4)10-17(14)25-3/h5-11H,1-4H3,(H,21,22)/t11-/m1/s1. The number of benzene rings is 2. The van der Waals surface area contributed by atoms with Gasteiger partial charge in [0.25, 0.3) is 5.91 Å². The van der Waals surface area contributed by atoms with E-state index in [9.17, 15) is 9.59 Å². The maximum atomic E-state index is 12.4. The first-order chi connectivity index (χ1) is 12.9. The van der Waals surface area contributed by atoms with Gasteiger partial charge in [-0.05, 0) is 49.6 Å². The lowest BCUT2D eigenvalue weighted by atomic mass is 10.2. The Bertz CT molecular complexity index is 843. The topological polar surface area (TPSA) is 73.9 Å². The van der Waals surface area contributed by atoms with Gasteiger partial charge in [0.2, 0.25) is 0 Å². The fourth-order valence-corrected chi connectivity index (χ4v) is 2.86. The molecule has 0 radical (unpaired) electrons. The van der Waals surface area contributed by atoms with Crippen LogP contribution in [-0.4, -0.2) is 38.5 Å². The highest BCUT2D eigenvalue weighted by Gasteiger charge is 2.22. The van der Waals surface area contributed by atoms with Crippen LogP contribution in [-0.2, 0) is 9.53 Å². The maximum absolute atomic E-state index is 12.4. The number of carbonyl (C=O) groups is 2. The van der Waals surface area contributed by atoms with Gasteiger partial charge in [-0.1, -0.05) is 11.6 Å². The average Bonchev–Trinajstić information content (AvgIpc) is 2.67. The van der Waals surface area contributed by atoms with Gasteiger partial charge in [0.05, 0.1) is 19.9 Å². The number of ether oxygens (including phenoxy) is 3. The molecule has 144 valence electrons. The van der Waals surface area contributed by atoms with E-state index in [1.54, 1.807) is 36.4 Å². The molecule has 2 rings (SSSR count). The molecule has 0 spiro atoms. The summed E-state index contributed by atoms with van der Waals surface area (Å²) in [6.45, 7) is 1.48. The number of hydrogen-bond acceptors (Lipinski definition) is 6. The van der Waals surface area contributed by atoms with E-state index in [4.69, 9.17) is 25.8 Å². The zero-order valence-corrected chi connectivity index (χ0v) is 16.9. The summed E-state index contributed by atoms with van der Waals surface area (Å²) < 4.78 is 15.7. The molecule has 1 atom stereocenters. The highest BCUT2D eigenvalue weighted by Crippen LogP contribution is 2.28. The fraction of sp³-hybridized carbons (Fsp3) is 0.263. The van der Waals surface area contributed by atoms with Crippen molar-refractivity contribution in [2.75, 3.05) is 25.8 Å². The number of thioether (sulfide) groups is 1. The van der Waals surface area contributed by atoms with Crippen LogP contribution in [0.4, 0.5) is 5.69 Å². The van der Waals surface area contributed by atoms with E-state index in [0.717, 1.165) is 4.90 Å². The number of hydrogen-bond donors (Lipinski definition) is 1. The van der Waals surface area contributed by atoms with Gasteiger partial charge in [-0.25, -0.2) is 4.79 Å². The third-order valence-electron chi connectivity index (χ3n) is 3.70. The van der Waals surface area contributed by atoms with Crippen molar-refractivity contribution >= 4 is 40.9 Å². The van der Waals surface area contributed by atoms with Crippen molar-refractivity contribution < 1.29 is 23.8 Å². The van der Waals surface area contributed by atoms with E-state index in [-0.39, 0.29) is 5.56 Å². The summed E-state index contributed by atoms with van der Waals surface area (Å²) in [6, 6.07) is 9.96. The van der Waals surface area contributed by atoms with E-state index >= 15 is 0 Å². The molecule has 2 aromatic carbocycles. The van der Waals surface area contributed by atoms with Crippen molar-refractivity contribution in [3.05, 3.63) is 47.0 Å². The van der Waals surface area contributed by atoms with E-state index in [2.05, 4.69) is 5.32 Å². The lowest BCUT2D eigenvalue weighted by Crippen LogP contribution is -2.30. The maximum Gasteiger partial charge on any atom is 0.342 e. The molecule has 0 bridgehead atoms. The molecule has 0 heterocycles. The van der Waals surface area contributed by atoms with Crippen LogP contribution in [0.5, 0.6) is 11.5 Å². The minimum absolute atomic E-state index is 0.246. The predicted octanol–water partition coefficient (Wildman–Crippen LogP) is 4.26. The first kappa shape index (κ1) is 20.9. The van der Waals surface area contributed by atoms with Crippen molar-refractivity contribution in [1.82, 2.24) is 0 Å². The Labute approximate surface area is 167 Å². The molecule has 0 saturated carbocycles. The van der Waals surface area contributed by atoms with Crippen molar-refractivity contribution in [3.63, 3.8) is 0 Å². The number of rotatable bonds is 7. The number of anilines is 1. The first-order valence-corrected chi connectivity index (χ1v) is 9.57. The molecular weight excluding hydrogens is 390 g/mol. The highest BCUT2D eigenvalue weighted by molar-refractivity contribution is 7.98. The predicted molar refractivity (Wildman–Crippen MR) is 106 cm³/mol. The Morgan fingerprint density at radius 1 is 1.07 bits per heavy atom. The lowest BCUT2D eigenvalue weighted by molar-refractivity contribution is -0.123.